The highest BCUT2D eigenvalue weighted by Gasteiger charge is 2.05. The number of esters is 1. The summed E-state index contributed by atoms with van der Waals surface area (Å²) in [6, 6.07) is 3.49. The molecule has 0 spiro atoms. The molecule has 6 heteroatoms. The number of carbonyl (C=O) groups is 1. The number of halogens is 1. The van der Waals surface area contributed by atoms with E-state index in [-0.39, 0.29) is 5.97 Å². The zero-order valence-electron chi connectivity index (χ0n) is 9.13. The predicted molar refractivity (Wildman–Crippen MR) is 69.6 cm³/mol. The standard InChI is InChI=1S/C11H10IN3O2/c1-17-11(16)8-2-3-10(13-4-8)7-15-6-9(12)5-14-15/h2-6H,7H2,1H3. The van der Waals surface area contributed by atoms with Crippen LogP contribution in [-0.2, 0) is 11.3 Å². The van der Waals surface area contributed by atoms with Crippen molar-refractivity contribution in [1.29, 1.82) is 0 Å². The topological polar surface area (TPSA) is 57.0 Å². The number of ether oxygens (including phenoxy) is 1. The largest absolute Gasteiger partial charge is 0.465 e. The second-order valence-electron chi connectivity index (χ2n) is 3.39. The summed E-state index contributed by atoms with van der Waals surface area (Å²) in [6.07, 6.45) is 5.22. The van der Waals surface area contributed by atoms with E-state index in [9.17, 15) is 4.79 Å². The van der Waals surface area contributed by atoms with Gasteiger partial charge in [0.1, 0.15) is 0 Å². The molecular weight excluding hydrogens is 333 g/mol. The Bertz CT molecular complexity index is 522. The molecular formula is C11H10IN3O2. The van der Waals surface area contributed by atoms with Crippen LogP contribution in [0.5, 0.6) is 0 Å². The highest BCUT2D eigenvalue weighted by atomic mass is 127. The lowest BCUT2D eigenvalue weighted by Gasteiger charge is -2.02. The van der Waals surface area contributed by atoms with Crippen LogP contribution < -0.4 is 0 Å². The van der Waals surface area contributed by atoms with Crippen molar-refractivity contribution in [2.75, 3.05) is 7.11 Å². The molecule has 2 aromatic rings. The predicted octanol–water partition coefficient (Wildman–Crippen LogP) is 1.72. The fourth-order valence-corrected chi connectivity index (χ4v) is 1.79. The molecule has 2 heterocycles. The van der Waals surface area contributed by atoms with Gasteiger partial charge in [-0.15, -0.1) is 0 Å². The number of nitrogens with zero attached hydrogens (tertiary/aromatic N) is 3. The molecule has 0 aromatic carbocycles. The first-order valence-corrected chi connectivity index (χ1v) is 5.98. The lowest BCUT2D eigenvalue weighted by atomic mass is 10.2. The van der Waals surface area contributed by atoms with Crippen molar-refractivity contribution in [1.82, 2.24) is 14.8 Å². The normalized spacial score (nSPS) is 10.2. The Morgan fingerprint density at radius 3 is 2.82 bits per heavy atom. The van der Waals surface area contributed by atoms with E-state index in [0.717, 1.165) is 9.26 Å². The van der Waals surface area contributed by atoms with Crippen molar-refractivity contribution >= 4 is 28.6 Å². The summed E-state index contributed by atoms with van der Waals surface area (Å²) >= 11 is 2.20. The van der Waals surface area contributed by atoms with Crippen LogP contribution in [0.2, 0.25) is 0 Å². The minimum atomic E-state index is -0.377. The molecule has 0 radical (unpaired) electrons. The lowest BCUT2D eigenvalue weighted by molar-refractivity contribution is 0.0600. The van der Waals surface area contributed by atoms with Gasteiger partial charge in [0.05, 0.1) is 34.7 Å². The maximum atomic E-state index is 11.2. The van der Waals surface area contributed by atoms with Crippen LogP contribution in [0.25, 0.3) is 0 Å². The zero-order chi connectivity index (χ0) is 12.3. The summed E-state index contributed by atoms with van der Waals surface area (Å²) in [7, 11) is 1.35. The number of aromatic nitrogens is 3. The average Bonchev–Trinajstić information content (AvgIpc) is 2.75. The SMILES string of the molecule is COC(=O)c1ccc(Cn2cc(I)cn2)nc1. The van der Waals surface area contributed by atoms with Crippen LogP contribution in [0.1, 0.15) is 16.1 Å². The van der Waals surface area contributed by atoms with Crippen molar-refractivity contribution in [3.05, 3.63) is 45.6 Å². The molecule has 0 saturated heterocycles. The Kier molecular flexibility index (Phi) is 3.72. The lowest BCUT2D eigenvalue weighted by Crippen LogP contribution is -2.05. The van der Waals surface area contributed by atoms with Gasteiger partial charge in [0, 0.05) is 12.4 Å². The number of rotatable bonds is 3. The Balaban J connectivity index is 2.10. The molecule has 88 valence electrons. The second kappa shape index (κ2) is 5.26. The summed E-state index contributed by atoms with van der Waals surface area (Å²) in [4.78, 5) is 15.4. The summed E-state index contributed by atoms with van der Waals surface area (Å²) in [5, 5.41) is 4.16. The minimum Gasteiger partial charge on any atom is -0.465 e. The van der Waals surface area contributed by atoms with Gasteiger partial charge in [0.2, 0.25) is 0 Å². The van der Waals surface area contributed by atoms with Crippen LogP contribution >= 0.6 is 22.6 Å². The third-order valence-corrected chi connectivity index (χ3v) is 2.73. The van der Waals surface area contributed by atoms with Gasteiger partial charge in [-0.05, 0) is 34.7 Å². The molecule has 0 atom stereocenters. The Hall–Kier alpha value is -1.44. The average molecular weight is 343 g/mol. The van der Waals surface area contributed by atoms with Crippen molar-refractivity contribution in [3.8, 4) is 0 Å². The van der Waals surface area contributed by atoms with Gasteiger partial charge >= 0.3 is 5.97 Å². The molecule has 0 fully saturated rings. The number of pyridine rings is 1. The molecule has 0 aliphatic rings. The fraction of sp³-hybridized carbons (Fsp3) is 0.182. The summed E-state index contributed by atoms with van der Waals surface area (Å²) in [5.41, 5.74) is 1.29. The molecule has 0 aliphatic heterocycles. The first kappa shape index (κ1) is 12.0. The van der Waals surface area contributed by atoms with Crippen molar-refractivity contribution in [2.24, 2.45) is 0 Å². The zero-order valence-corrected chi connectivity index (χ0v) is 11.3. The maximum Gasteiger partial charge on any atom is 0.339 e. The molecule has 0 unspecified atom stereocenters. The van der Waals surface area contributed by atoms with Crippen molar-refractivity contribution in [3.63, 3.8) is 0 Å². The van der Waals surface area contributed by atoms with Crippen molar-refractivity contribution in [2.45, 2.75) is 6.54 Å². The van der Waals surface area contributed by atoms with Crippen LogP contribution in [0.3, 0.4) is 0 Å². The highest BCUT2D eigenvalue weighted by molar-refractivity contribution is 14.1. The molecule has 2 rings (SSSR count). The van der Waals surface area contributed by atoms with E-state index in [1.54, 1.807) is 23.0 Å². The van der Waals surface area contributed by atoms with Gasteiger partial charge in [0.25, 0.3) is 0 Å². The third kappa shape index (κ3) is 3.02. The van der Waals surface area contributed by atoms with E-state index in [1.165, 1.54) is 13.3 Å². The summed E-state index contributed by atoms with van der Waals surface area (Å²) in [5.74, 6) is -0.377. The molecule has 2 aromatic heterocycles. The minimum absolute atomic E-state index is 0.377. The van der Waals surface area contributed by atoms with Gasteiger partial charge < -0.3 is 4.74 Å². The summed E-state index contributed by atoms with van der Waals surface area (Å²) < 4.78 is 7.47. The number of hydrogen-bond acceptors (Lipinski definition) is 4. The first-order chi connectivity index (χ1) is 8.19. The third-order valence-electron chi connectivity index (χ3n) is 2.17. The first-order valence-electron chi connectivity index (χ1n) is 4.90. The monoisotopic (exact) mass is 343 g/mol. The molecule has 0 bridgehead atoms. The van der Waals surface area contributed by atoms with Gasteiger partial charge in [-0.1, -0.05) is 0 Å². The van der Waals surface area contributed by atoms with E-state index in [1.807, 2.05) is 6.20 Å². The molecule has 0 saturated carbocycles. The van der Waals surface area contributed by atoms with Crippen LogP contribution in [0.4, 0.5) is 0 Å². The van der Waals surface area contributed by atoms with Crippen LogP contribution in [0.15, 0.2) is 30.7 Å². The smallest absolute Gasteiger partial charge is 0.339 e. The molecule has 0 aliphatic carbocycles. The maximum absolute atomic E-state index is 11.2. The number of carbonyl (C=O) groups excluding carboxylic acids is 1. The van der Waals surface area contributed by atoms with E-state index >= 15 is 0 Å². The number of hydrogen-bond donors (Lipinski definition) is 0. The molecule has 0 N–H and O–H groups in total. The summed E-state index contributed by atoms with van der Waals surface area (Å²) in [6.45, 7) is 0.588. The molecule has 17 heavy (non-hydrogen) atoms. The van der Waals surface area contributed by atoms with Gasteiger partial charge in [-0.25, -0.2) is 4.79 Å². The van der Waals surface area contributed by atoms with Gasteiger partial charge in [-0.3, -0.25) is 9.67 Å². The van der Waals surface area contributed by atoms with Crippen LogP contribution in [-0.4, -0.2) is 27.8 Å². The Morgan fingerprint density at radius 2 is 2.29 bits per heavy atom. The van der Waals surface area contributed by atoms with Crippen LogP contribution in [0, 0.1) is 3.57 Å². The molecule has 0 amide bonds. The van der Waals surface area contributed by atoms with E-state index in [2.05, 4.69) is 37.4 Å². The Labute approximate surface area is 112 Å². The van der Waals surface area contributed by atoms with Gasteiger partial charge in [0.15, 0.2) is 0 Å². The quantitative estimate of drug-likeness (QED) is 0.629. The van der Waals surface area contributed by atoms with E-state index in [4.69, 9.17) is 0 Å². The second-order valence-corrected chi connectivity index (χ2v) is 4.63. The number of methoxy groups -OCH3 is 1. The van der Waals surface area contributed by atoms with Crippen molar-refractivity contribution < 1.29 is 9.53 Å². The highest BCUT2D eigenvalue weighted by Crippen LogP contribution is 2.06. The Morgan fingerprint density at radius 1 is 1.47 bits per heavy atom. The fourth-order valence-electron chi connectivity index (χ4n) is 1.35. The van der Waals surface area contributed by atoms with E-state index < -0.39 is 0 Å². The van der Waals surface area contributed by atoms with Gasteiger partial charge in [-0.2, -0.15) is 5.10 Å². The molecule has 5 nitrogen and oxygen atoms in total. The van der Waals surface area contributed by atoms with E-state index in [0.29, 0.717) is 12.1 Å².